The van der Waals surface area contributed by atoms with Crippen molar-refractivity contribution in [3.8, 4) is 0 Å². The van der Waals surface area contributed by atoms with Crippen LogP contribution in [0.25, 0.3) is 0 Å². The maximum absolute atomic E-state index is 12.5. The number of nitrogens with two attached hydrogens (primary N) is 2. The van der Waals surface area contributed by atoms with Gasteiger partial charge in [-0.1, -0.05) is 30.3 Å². The van der Waals surface area contributed by atoms with Gasteiger partial charge in [0, 0.05) is 6.54 Å². The fraction of sp³-hybridized carbons (Fsp3) is 0.444. The van der Waals surface area contributed by atoms with Crippen molar-refractivity contribution in [3.05, 3.63) is 35.9 Å². The number of carboxylic acids is 1. The Bertz CT molecular complexity index is 886. The molecule has 2 atom stereocenters. The molecule has 0 fully saturated rings. The normalized spacial score (nSPS) is 12.9. The van der Waals surface area contributed by atoms with Crippen LogP contribution in [-0.4, -0.2) is 68.7 Å². The largest absolute Gasteiger partial charge is 0.480 e. The standard InChI is InChI=1S/C18H28N6O6S/c1-31(29,30)24-14(10-12-6-3-2-4-7-12)16(26)22-11-15(25)23-13(17(27)28)8-5-9-21-18(19)20/h2-4,6-7,13-14,24H,5,8-11H2,1H3,(H,22,26)(H,23,25)(H,27,28)(H4,19,20,21)/t13-,14+/m0/s1. The molecule has 2 amide bonds. The van der Waals surface area contributed by atoms with E-state index in [9.17, 15) is 27.9 Å². The van der Waals surface area contributed by atoms with Crippen molar-refractivity contribution in [1.82, 2.24) is 15.4 Å². The molecule has 1 aromatic rings. The van der Waals surface area contributed by atoms with Crippen LogP contribution < -0.4 is 26.8 Å². The Morgan fingerprint density at radius 1 is 1.13 bits per heavy atom. The van der Waals surface area contributed by atoms with Gasteiger partial charge in [0.2, 0.25) is 21.8 Å². The van der Waals surface area contributed by atoms with Crippen LogP contribution in [0.1, 0.15) is 18.4 Å². The minimum atomic E-state index is -3.69. The lowest BCUT2D eigenvalue weighted by Crippen LogP contribution is -2.51. The highest BCUT2D eigenvalue weighted by molar-refractivity contribution is 7.88. The lowest BCUT2D eigenvalue weighted by molar-refractivity contribution is -0.141. The highest BCUT2D eigenvalue weighted by Crippen LogP contribution is 2.04. The molecule has 13 heteroatoms. The first kappa shape index (κ1) is 25.8. The van der Waals surface area contributed by atoms with Crippen LogP contribution in [-0.2, 0) is 30.8 Å². The summed E-state index contributed by atoms with van der Waals surface area (Å²) in [5.41, 5.74) is 11.1. The second kappa shape index (κ2) is 12.5. The number of benzene rings is 1. The first-order chi connectivity index (χ1) is 14.5. The Labute approximate surface area is 180 Å². The number of hydrogen-bond acceptors (Lipinski definition) is 6. The van der Waals surface area contributed by atoms with E-state index in [-0.39, 0.29) is 25.3 Å². The van der Waals surface area contributed by atoms with E-state index in [4.69, 9.17) is 11.5 Å². The van der Waals surface area contributed by atoms with E-state index in [0.717, 1.165) is 11.8 Å². The quantitative estimate of drug-likeness (QED) is 0.110. The van der Waals surface area contributed by atoms with Gasteiger partial charge in [-0.15, -0.1) is 0 Å². The van der Waals surface area contributed by atoms with Crippen molar-refractivity contribution in [2.75, 3.05) is 19.3 Å². The molecule has 31 heavy (non-hydrogen) atoms. The predicted octanol–water partition coefficient (Wildman–Crippen LogP) is -2.11. The van der Waals surface area contributed by atoms with E-state index in [1.54, 1.807) is 30.3 Å². The third kappa shape index (κ3) is 11.5. The zero-order valence-electron chi connectivity index (χ0n) is 17.1. The summed E-state index contributed by atoms with van der Waals surface area (Å²) in [6.45, 7) is -0.315. The Morgan fingerprint density at radius 2 is 1.77 bits per heavy atom. The Balaban J connectivity index is 2.64. The molecule has 8 N–H and O–H groups in total. The number of nitrogens with one attached hydrogen (secondary N) is 3. The number of carbonyl (C=O) groups excluding carboxylic acids is 2. The summed E-state index contributed by atoms with van der Waals surface area (Å²) < 4.78 is 25.4. The number of guanidine groups is 1. The van der Waals surface area contributed by atoms with Gasteiger partial charge in [0.05, 0.1) is 12.8 Å². The number of aliphatic carboxylic acids is 1. The van der Waals surface area contributed by atoms with Gasteiger partial charge in [-0.25, -0.2) is 17.9 Å². The van der Waals surface area contributed by atoms with Gasteiger partial charge in [-0.2, -0.15) is 0 Å². The molecule has 172 valence electrons. The monoisotopic (exact) mass is 456 g/mol. The maximum atomic E-state index is 12.5. The highest BCUT2D eigenvalue weighted by atomic mass is 32.2. The number of hydrogen-bond donors (Lipinski definition) is 6. The van der Waals surface area contributed by atoms with Crippen LogP contribution in [0.4, 0.5) is 0 Å². The third-order valence-electron chi connectivity index (χ3n) is 3.96. The Kier molecular flexibility index (Phi) is 10.4. The molecule has 1 rings (SSSR count). The lowest BCUT2D eigenvalue weighted by Gasteiger charge is -2.18. The molecular weight excluding hydrogens is 428 g/mol. The number of nitrogens with zero attached hydrogens (tertiary/aromatic N) is 1. The zero-order valence-corrected chi connectivity index (χ0v) is 17.9. The van der Waals surface area contributed by atoms with E-state index < -0.39 is 46.4 Å². The molecule has 0 aliphatic heterocycles. The van der Waals surface area contributed by atoms with Crippen LogP contribution >= 0.6 is 0 Å². The molecule has 0 saturated carbocycles. The van der Waals surface area contributed by atoms with Gasteiger partial charge in [-0.3, -0.25) is 14.6 Å². The Hall–Kier alpha value is -3.19. The van der Waals surface area contributed by atoms with Crippen molar-refractivity contribution in [3.63, 3.8) is 0 Å². The van der Waals surface area contributed by atoms with Gasteiger partial charge in [0.15, 0.2) is 5.96 Å². The van der Waals surface area contributed by atoms with Crippen molar-refractivity contribution in [2.24, 2.45) is 16.5 Å². The second-order valence-corrected chi connectivity index (χ2v) is 8.54. The summed E-state index contributed by atoms with van der Waals surface area (Å²) in [5, 5.41) is 13.8. The fourth-order valence-electron chi connectivity index (χ4n) is 2.59. The summed E-state index contributed by atoms with van der Waals surface area (Å²) >= 11 is 0. The van der Waals surface area contributed by atoms with Gasteiger partial charge in [-0.05, 0) is 24.8 Å². The van der Waals surface area contributed by atoms with Gasteiger partial charge in [0.25, 0.3) is 0 Å². The zero-order chi connectivity index (χ0) is 23.4. The number of rotatable bonds is 13. The molecule has 0 unspecified atom stereocenters. The molecule has 1 aromatic carbocycles. The fourth-order valence-corrected chi connectivity index (χ4v) is 3.30. The van der Waals surface area contributed by atoms with Crippen molar-refractivity contribution < 1.29 is 27.9 Å². The summed E-state index contributed by atoms with van der Waals surface area (Å²) in [6, 6.07) is 6.42. The minimum Gasteiger partial charge on any atom is -0.480 e. The van der Waals surface area contributed by atoms with E-state index in [2.05, 4.69) is 20.3 Å². The minimum absolute atomic E-state index is 0.0733. The summed E-state index contributed by atoms with van der Waals surface area (Å²) in [6.07, 6.45) is 1.39. The number of carboxylic acid groups (broad SMARTS) is 1. The predicted molar refractivity (Wildman–Crippen MR) is 114 cm³/mol. The van der Waals surface area contributed by atoms with Crippen molar-refractivity contribution >= 4 is 33.8 Å². The van der Waals surface area contributed by atoms with Gasteiger partial charge in [0.1, 0.15) is 12.1 Å². The van der Waals surface area contributed by atoms with Crippen molar-refractivity contribution in [1.29, 1.82) is 0 Å². The first-order valence-electron chi connectivity index (χ1n) is 9.34. The number of carbonyl (C=O) groups is 3. The van der Waals surface area contributed by atoms with Crippen LogP contribution in [0, 0.1) is 0 Å². The molecule has 0 spiro atoms. The van der Waals surface area contributed by atoms with Crippen molar-refractivity contribution in [2.45, 2.75) is 31.3 Å². The van der Waals surface area contributed by atoms with Crippen LogP contribution in [0.15, 0.2) is 35.3 Å². The molecule has 0 bridgehead atoms. The summed E-state index contributed by atoms with van der Waals surface area (Å²) in [5.74, 6) is -2.82. The smallest absolute Gasteiger partial charge is 0.326 e. The average molecular weight is 457 g/mol. The van der Waals surface area contributed by atoms with Crippen LogP contribution in [0.5, 0.6) is 0 Å². The Morgan fingerprint density at radius 3 is 2.32 bits per heavy atom. The topological polar surface area (TPSA) is 206 Å². The molecule has 0 radical (unpaired) electrons. The summed E-state index contributed by atoms with van der Waals surface area (Å²) in [4.78, 5) is 39.6. The number of aliphatic imine (C=N–C) groups is 1. The van der Waals surface area contributed by atoms with Crippen LogP contribution in [0.3, 0.4) is 0 Å². The molecule has 12 nitrogen and oxygen atoms in total. The highest BCUT2D eigenvalue weighted by Gasteiger charge is 2.24. The molecule has 0 aliphatic carbocycles. The average Bonchev–Trinajstić information content (AvgIpc) is 2.67. The second-order valence-electron chi connectivity index (χ2n) is 6.76. The number of amides is 2. The van der Waals surface area contributed by atoms with E-state index in [0.29, 0.717) is 6.42 Å². The maximum Gasteiger partial charge on any atom is 0.326 e. The SMILES string of the molecule is CS(=O)(=O)N[C@H](Cc1ccccc1)C(=O)NCC(=O)N[C@@H](CCCN=C(N)N)C(=O)O. The molecular formula is C18H28N6O6S. The molecule has 0 saturated heterocycles. The summed E-state index contributed by atoms with van der Waals surface area (Å²) in [7, 11) is -3.69. The van der Waals surface area contributed by atoms with Gasteiger partial charge >= 0.3 is 5.97 Å². The van der Waals surface area contributed by atoms with E-state index >= 15 is 0 Å². The number of sulfonamides is 1. The first-order valence-corrected chi connectivity index (χ1v) is 11.2. The third-order valence-corrected chi connectivity index (χ3v) is 4.67. The molecule has 0 heterocycles. The lowest BCUT2D eigenvalue weighted by atomic mass is 10.1. The van der Waals surface area contributed by atoms with E-state index in [1.165, 1.54) is 0 Å². The van der Waals surface area contributed by atoms with Crippen LogP contribution in [0.2, 0.25) is 0 Å². The molecule has 0 aromatic heterocycles. The van der Waals surface area contributed by atoms with E-state index in [1.807, 2.05) is 0 Å². The van der Waals surface area contributed by atoms with Gasteiger partial charge < -0.3 is 27.2 Å². The molecule has 0 aliphatic rings.